The first kappa shape index (κ1) is 12.3. The van der Waals surface area contributed by atoms with Crippen LogP contribution >= 0.6 is 0 Å². The number of hydrogen-bond acceptors (Lipinski definition) is 4. The van der Waals surface area contributed by atoms with E-state index >= 15 is 0 Å². The molecule has 0 radical (unpaired) electrons. The quantitative estimate of drug-likeness (QED) is 0.723. The minimum Gasteiger partial charge on any atom is -0.377 e. The van der Waals surface area contributed by atoms with Gasteiger partial charge in [-0.2, -0.15) is 0 Å². The van der Waals surface area contributed by atoms with E-state index in [1.807, 2.05) is 6.92 Å². The number of ether oxygens (including phenoxy) is 2. The monoisotopic (exact) mass is 228 g/mol. The summed E-state index contributed by atoms with van der Waals surface area (Å²) in [6, 6.07) is 0. The highest BCUT2D eigenvalue weighted by Crippen LogP contribution is 2.26. The number of nitrogens with zero attached hydrogens (tertiary/aromatic N) is 1. The summed E-state index contributed by atoms with van der Waals surface area (Å²) in [5.74, 6) is 0. The van der Waals surface area contributed by atoms with Crippen LogP contribution in [-0.4, -0.2) is 56.0 Å². The highest BCUT2D eigenvalue weighted by molar-refractivity contribution is 4.85. The van der Waals surface area contributed by atoms with Crippen molar-refractivity contribution in [3.05, 3.63) is 0 Å². The van der Waals surface area contributed by atoms with Gasteiger partial charge in [-0.15, -0.1) is 0 Å². The minimum atomic E-state index is 0.227. The Kier molecular flexibility index (Phi) is 4.58. The van der Waals surface area contributed by atoms with Gasteiger partial charge in [0.25, 0.3) is 0 Å². The van der Waals surface area contributed by atoms with Gasteiger partial charge in [-0.1, -0.05) is 0 Å². The van der Waals surface area contributed by atoms with Gasteiger partial charge >= 0.3 is 0 Å². The molecule has 16 heavy (non-hydrogen) atoms. The lowest BCUT2D eigenvalue weighted by molar-refractivity contribution is -0.0435. The second-order valence-corrected chi connectivity index (χ2v) is 4.82. The van der Waals surface area contributed by atoms with Gasteiger partial charge in [0.05, 0.1) is 18.3 Å². The normalized spacial score (nSPS) is 31.9. The molecule has 0 aromatic carbocycles. The molecule has 4 nitrogen and oxygen atoms in total. The molecule has 0 saturated carbocycles. The Labute approximate surface area is 98.1 Å². The van der Waals surface area contributed by atoms with Gasteiger partial charge < -0.3 is 15.2 Å². The maximum absolute atomic E-state index is 5.81. The van der Waals surface area contributed by atoms with Crippen molar-refractivity contribution >= 4 is 0 Å². The molecule has 2 aliphatic rings. The molecule has 2 heterocycles. The summed E-state index contributed by atoms with van der Waals surface area (Å²) in [4.78, 5) is 2.51. The molecule has 0 aliphatic carbocycles. The van der Waals surface area contributed by atoms with Gasteiger partial charge in [0.1, 0.15) is 0 Å². The first-order valence-electron chi connectivity index (χ1n) is 6.51. The van der Waals surface area contributed by atoms with Crippen LogP contribution in [0, 0.1) is 0 Å². The van der Waals surface area contributed by atoms with Crippen molar-refractivity contribution in [2.24, 2.45) is 5.73 Å². The van der Waals surface area contributed by atoms with E-state index in [2.05, 4.69) is 4.90 Å². The lowest BCUT2D eigenvalue weighted by Crippen LogP contribution is -2.44. The lowest BCUT2D eigenvalue weighted by atomic mass is 10.2. The fourth-order valence-electron chi connectivity index (χ4n) is 2.71. The zero-order valence-electron chi connectivity index (χ0n) is 10.2. The highest BCUT2D eigenvalue weighted by Gasteiger charge is 2.33. The lowest BCUT2D eigenvalue weighted by Gasteiger charge is -2.32. The van der Waals surface area contributed by atoms with E-state index in [4.69, 9.17) is 15.2 Å². The molecule has 2 bridgehead atoms. The van der Waals surface area contributed by atoms with Crippen molar-refractivity contribution in [1.82, 2.24) is 4.90 Å². The largest absolute Gasteiger partial charge is 0.377 e. The van der Waals surface area contributed by atoms with E-state index in [0.717, 1.165) is 32.7 Å². The summed E-state index contributed by atoms with van der Waals surface area (Å²) in [6.07, 6.45) is 4.73. The van der Waals surface area contributed by atoms with Gasteiger partial charge in [0.2, 0.25) is 0 Å². The number of nitrogens with two attached hydrogens (primary N) is 1. The van der Waals surface area contributed by atoms with Crippen LogP contribution in [0.15, 0.2) is 0 Å². The molecule has 3 unspecified atom stereocenters. The Balaban J connectivity index is 1.69. The molecule has 2 rings (SSSR count). The smallest absolute Gasteiger partial charge is 0.0709 e. The Morgan fingerprint density at radius 1 is 1.38 bits per heavy atom. The summed E-state index contributed by atoms with van der Waals surface area (Å²) < 4.78 is 11.4. The zero-order valence-corrected chi connectivity index (χ0v) is 10.2. The van der Waals surface area contributed by atoms with Crippen molar-refractivity contribution in [2.75, 3.05) is 32.8 Å². The highest BCUT2D eigenvalue weighted by atomic mass is 16.5. The third-order valence-corrected chi connectivity index (χ3v) is 3.55. The maximum atomic E-state index is 5.81. The van der Waals surface area contributed by atoms with Crippen LogP contribution in [0.5, 0.6) is 0 Å². The van der Waals surface area contributed by atoms with Crippen LogP contribution in [-0.2, 0) is 9.47 Å². The number of likely N-dealkylation sites (tertiary alicyclic amines) is 1. The summed E-state index contributed by atoms with van der Waals surface area (Å²) in [7, 11) is 0. The number of rotatable bonds is 6. The molecule has 2 aliphatic heterocycles. The molecular formula is C12H24N2O2. The molecule has 2 saturated heterocycles. The Morgan fingerprint density at radius 3 is 2.62 bits per heavy atom. The standard InChI is InChI=1S/C12H24N2O2/c1-2-15-10(7-13)5-6-14-8-11-3-4-12(9-14)16-11/h10-12H,2-9,13H2,1H3. The Morgan fingerprint density at radius 2 is 2.06 bits per heavy atom. The predicted molar refractivity (Wildman–Crippen MR) is 63.4 cm³/mol. The SMILES string of the molecule is CCOC(CN)CCN1CC2CCC(C1)O2. The van der Waals surface area contributed by atoms with Crippen molar-refractivity contribution in [1.29, 1.82) is 0 Å². The van der Waals surface area contributed by atoms with E-state index < -0.39 is 0 Å². The number of fused-ring (bicyclic) bond motifs is 2. The van der Waals surface area contributed by atoms with Crippen LogP contribution < -0.4 is 5.73 Å². The first-order valence-corrected chi connectivity index (χ1v) is 6.51. The van der Waals surface area contributed by atoms with Crippen LogP contribution in [0.1, 0.15) is 26.2 Å². The van der Waals surface area contributed by atoms with Crippen LogP contribution in [0.2, 0.25) is 0 Å². The second-order valence-electron chi connectivity index (χ2n) is 4.82. The molecule has 3 atom stereocenters. The van der Waals surface area contributed by atoms with E-state index in [9.17, 15) is 0 Å². The van der Waals surface area contributed by atoms with Crippen LogP contribution in [0.3, 0.4) is 0 Å². The zero-order chi connectivity index (χ0) is 11.4. The van der Waals surface area contributed by atoms with E-state index in [1.54, 1.807) is 0 Å². The topological polar surface area (TPSA) is 47.7 Å². The number of hydrogen-bond donors (Lipinski definition) is 1. The number of morpholine rings is 1. The molecule has 4 heteroatoms. The summed E-state index contributed by atoms with van der Waals surface area (Å²) in [5, 5.41) is 0. The maximum Gasteiger partial charge on any atom is 0.0709 e. The summed E-state index contributed by atoms with van der Waals surface area (Å²) in [6.45, 7) is 6.71. The van der Waals surface area contributed by atoms with Crippen molar-refractivity contribution in [3.63, 3.8) is 0 Å². The molecule has 0 aromatic rings. The first-order chi connectivity index (χ1) is 7.81. The molecular weight excluding hydrogens is 204 g/mol. The molecule has 0 aromatic heterocycles. The van der Waals surface area contributed by atoms with Crippen molar-refractivity contribution < 1.29 is 9.47 Å². The Bertz CT molecular complexity index is 201. The van der Waals surface area contributed by atoms with Gasteiger partial charge in [-0.25, -0.2) is 0 Å². The minimum absolute atomic E-state index is 0.227. The van der Waals surface area contributed by atoms with E-state index in [1.165, 1.54) is 12.8 Å². The third kappa shape index (κ3) is 3.17. The van der Waals surface area contributed by atoms with Crippen LogP contribution in [0.4, 0.5) is 0 Å². The van der Waals surface area contributed by atoms with Gasteiger partial charge in [-0.3, -0.25) is 4.90 Å². The fraction of sp³-hybridized carbons (Fsp3) is 1.00. The molecule has 94 valence electrons. The average molecular weight is 228 g/mol. The average Bonchev–Trinajstić information content (AvgIpc) is 2.64. The molecule has 0 amide bonds. The van der Waals surface area contributed by atoms with Crippen molar-refractivity contribution in [2.45, 2.75) is 44.5 Å². The fourth-order valence-corrected chi connectivity index (χ4v) is 2.71. The molecule has 0 spiro atoms. The van der Waals surface area contributed by atoms with Crippen molar-refractivity contribution in [3.8, 4) is 0 Å². The van der Waals surface area contributed by atoms with Gasteiger partial charge in [0, 0.05) is 32.8 Å². The summed E-state index contributed by atoms with van der Waals surface area (Å²) in [5.41, 5.74) is 5.67. The van der Waals surface area contributed by atoms with Gasteiger partial charge in [-0.05, 0) is 26.2 Å². The molecule has 2 fully saturated rings. The Hall–Kier alpha value is -0.160. The second kappa shape index (κ2) is 5.96. The van der Waals surface area contributed by atoms with E-state index in [0.29, 0.717) is 18.8 Å². The molecule has 2 N–H and O–H groups in total. The van der Waals surface area contributed by atoms with Gasteiger partial charge in [0.15, 0.2) is 0 Å². The third-order valence-electron chi connectivity index (χ3n) is 3.55. The van der Waals surface area contributed by atoms with E-state index in [-0.39, 0.29) is 6.10 Å². The van der Waals surface area contributed by atoms with Crippen LogP contribution in [0.25, 0.3) is 0 Å². The summed E-state index contributed by atoms with van der Waals surface area (Å²) >= 11 is 0. The predicted octanol–water partition coefficient (Wildman–Crippen LogP) is 0.604.